The van der Waals surface area contributed by atoms with Crippen LogP contribution in [0.25, 0.3) is 0 Å². The Hall–Kier alpha value is -1.43. The topological polar surface area (TPSA) is 86.2 Å². The van der Waals surface area contributed by atoms with E-state index in [0.717, 1.165) is 0 Å². The Labute approximate surface area is 94.5 Å². The summed E-state index contributed by atoms with van der Waals surface area (Å²) >= 11 is 3.10. The molecule has 0 aromatic heterocycles. The molecule has 1 aromatic rings. The molecule has 0 saturated heterocycles. The van der Waals surface area contributed by atoms with E-state index in [0.29, 0.717) is 12.0 Å². The molecule has 0 aliphatic rings. The quantitative estimate of drug-likeness (QED) is 0.511. The number of carbonyl (C=O) groups excluding carboxylic acids is 1. The average molecular weight is 273 g/mol. The highest BCUT2D eigenvalue weighted by atomic mass is 79.9. The summed E-state index contributed by atoms with van der Waals surface area (Å²) in [7, 11) is 0. The van der Waals surface area contributed by atoms with Crippen molar-refractivity contribution in [2.24, 2.45) is 5.73 Å². The Kier molecular flexibility index (Phi) is 3.79. The van der Waals surface area contributed by atoms with Crippen molar-refractivity contribution in [3.05, 3.63) is 39.9 Å². The lowest BCUT2D eigenvalue weighted by molar-refractivity contribution is -0.384. The molecule has 0 radical (unpaired) electrons. The van der Waals surface area contributed by atoms with Gasteiger partial charge < -0.3 is 5.73 Å². The summed E-state index contributed by atoms with van der Waals surface area (Å²) < 4.78 is 0. The van der Waals surface area contributed by atoms with Gasteiger partial charge in [-0.05, 0) is 12.0 Å². The first-order valence-electron chi connectivity index (χ1n) is 4.17. The lowest BCUT2D eigenvalue weighted by Gasteiger charge is -2.04. The highest BCUT2D eigenvalue weighted by Gasteiger charge is 2.13. The summed E-state index contributed by atoms with van der Waals surface area (Å²) in [6.07, 6.45) is 0.344. The van der Waals surface area contributed by atoms with Gasteiger partial charge in [0, 0.05) is 12.1 Å². The van der Waals surface area contributed by atoms with Crippen molar-refractivity contribution in [1.29, 1.82) is 0 Å². The molecule has 0 saturated carbocycles. The second-order valence-electron chi connectivity index (χ2n) is 3.00. The number of amides is 1. The van der Waals surface area contributed by atoms with Crippen LogP contribution < -0.4 is 5.73 Å². The van der Waals surface area contributed by atoms with Crippen molar-refractivity contribution in [2.45, 2.75) is 11.2 Å². The zero-order chi connectivity index (χ0) is 11.4. The first-order chi connectivity index (χ1) is 7.00. The second kappa shape index (κ2) is 4.88. The first-order valence-corrected chi connectivity index (χ1v) is 5.09. The molecule has 1 amide bonds. The van der Waals surface area contributed by atoms with Gasteiger partial charge in [-0.1, -0.05) is 28.1 Å². The van der Waals surface area contributed by atoms with Crippen LogP contribution in [0.2, 0.25) is 0 Å². The molecule has 15 heavy (non-hydrogen) atoms. The number of nitrogens with two attached hydrogens (primary N) is 1. The average Bonchev–Trinajstić information content (AvgIpc) is 2.18. The third-order valence-corrected chi connectivity index (χ3v) is 2.62. The fraction of sp³-hybridized carbons (Fsp3) is 0.222. The monoisotopic (exact) mass is 272 g/mol. The highest BCUT2D eigenvalue weighted by Crippen LogP contribution is 2.16. The number of hydrogen-bond donors (Lipinski definition) is 1. The predicted molar refractivity (Wildman–Crippen MR) is 58.7 cm³/mol. The van der Waals surface area contributed by atoms with Gasteiger partial charge in [-0.2, -0.15) is 0 Å². The van der Waals surface area contributed by atoms with E-state index in [1.165, 1.54) is 12.1 Å². The van der Waals surface area contributed by atoms with E-state index in [2.05, 4.69) is 15.9 Å². The highest BCUT2D eigenvalue weighted by molar-refractivity contribution is 9.10. The number of hydrogen-bond acceptors (Lipinski definition) is 3. The van der Waals surface area contributed by atoms with E-state index in [9.17, 15) is 14.9 Å². The molecular weight excluding hydrogens is 264 g/mol. The zero-order valence-corrected chi connectivity index (χ0v) is 9.31. The molecule has 1 atom stereocenters. The molecule has 0 bridgehead atoms. The molecule has 80 valence electrons. The third-order valence-electron chi connectivity index (χ3n) is 1.85. The molecule has 0 aliphatic carbocycles. The Bertz CT molecular complexity index is 395. The van der Waals surface area contributed by atoms with Crippen LogP contribution in [0.5, 0.6) is 0 Å². The number of alkyl halides is 1. The van der Waals surface area contributed by atoms with Crippen LogP contribution in [-0.4, -0.2) is 15.7 Å². The van der Waals surface area contributed by atoms with E-state index < -0.39 is 15.7 Å². The Morgan fingerprint density at radius 1 is 1.60 bits per heavy atom. The minimum Gasteiger partial charge on any atom is -0.369 e. The number of nitro benzene ring substituents is 1. The zero-order valence-electron chi connectivity index (χ0n) is 7.72. The summed E-state index contributed by atoms with van der Waals surface area (Å²) in [6.45, 7) is 0. The summed E-state index contributed by atoms with van der Waals surface area (Å²) in [5.41, 5.74) is 5.77. The van der Waals surface area contributed by atoms with Gasteiger partial charge in [-0.15, -0.1) is 0 Å². The van der Waals surface area contributed by atoms with Crippen molar-refractivity contribution in [3.63, 3.8) is 0 Å². The van der Waals surface area contributed by atoms with Gasteiger partial charge in [0.15, 0.2) is 0 Å². The largest absolute Gasteiger partial charge is 0.369 e. The van der Waals surface area contributed by atoms with E-state index in [1.807, 2.05) is 0 Å². The van der Waals surface area contributed by atoms with Crippen molar-refractivity contribution in [2.75, 3.05) is 0 Å². The maximum atomic E-state index is 10.8. The second-order valence-corrected chi connectivity index (χ2v) is 4.11. The van der Waals surface area contributed by atoms with Crippen molar-refractivity contribution >= 4 is 27.5 Å². The van der Waals surface area contributed by atoms with E-state index in [-0.39, 0.29) is 5.69 Å². The molecule has 1 unspecified atom stereocenters. The molecule has 6 heteroatoms. The van der Waals surface area contributed by atoms with E-state index in [4.69, 9.17) is 5.73 Å². The normalized spacial score (nSPS) is 12.1. The SMILES string of the molecule is NC(=O)C(Br)Cc1cccc([N+](=O)[O-])c1. The van der Waals surface area contributed by atoms with Crippen LogP contribution >= 0.6 is 15.9 Å². The number of non-ortho nitro benzene ring substituents is 1. The van der Waals surface area contributed by atoms with Gasteiger partial charge in [0.05, 0.1) is 9.75 Å². The van der Waals surface area contributed by atoms with E-state index >= 15 is 0 Å². The smallest absolute Gasteiger partial charge is 0.269 e. The van der Waals surface area contributed by atoms with Crippen LogP contribution in [0.1, 0.15) is 5.56 Å². The molecule has 1 rings (SSSR count). The minimum absolute atomic E-state index is 0.0108. The van der Waals surface area contributed by atoms with Crippen LogP contribution in [0.3, 0.4) is 0 Å². The fourth-order valence-electron chi connectivity index (χ4n) is 1.10. The molecule has 2 N–H and O–H groups in total. The number of nitrogens with zero attached hydrogens (tertiary/aromatic N) is 1. The minimum atomic E-state index is -0.500. The van der Waals surface area contributed by atoms with Gasteiger partial charge in [0.25, 0.3) is 5.69 Å². The Morgan fingerprint density at radius 2 is 2.27 bits per heavy atom. The maximum Gasteiger partial charge on any atom is 0.269 e. The molecular formula is C9H9BrN2O3. The van der Waals surface area contributed by atoms with Gasteiger partial charge in [-0.25, -0.2) is 0 Å². The molecule has 0 spiro atoms. The van der Waals surface area contributed by atoms with Crippen LogP contribution in [-0.2, 0) is 11.2 Å². The lowest BCUT2D eigenvalue weighted by Crippen LogP contribution is -2.24. The molecule has 1 aromatic carbocycles. The molecule has 0 fully saturated rings. The number of nitro groups is 1. The number of halogens is 1. The maximum absolute atomic E-state index is 10.8. The van der Waals surface area contributed by atoms with Gasteiger partial charge in [0.2, 0.25) is 5.91 Å². The van der Waals surface area contributed by atoms with Gasteiger partial charge in [-0.3, -0.25) is 14.9 Å². The van der Waals surface area contributed by atoms with Crippen LogP contribution in [0, 0.1) is 10.1 Å². The van der Waals surface area contributed by atoms with Crippen molar-refractivity contribution < 1.29 is 9.72 Å². The molecule has 0 heterocycles. The summed E-state index contributed by atoms with van der Waals surface area (Å²) in [4.78, 5) is 20.3. The molecule has 0 aliphatic heterocycles. The summed E-state index contributed by atoms with van der Waals surface area (Å²) in [5.74, 6) is -0.485. The predicted octanol–water partition coefficient (Wildman–Crippen LogP) is 1.39. The van der Waals surface area contributed by atoms with Gasteiger partial charge >= 0.3 is 0 Å². The third kappa shape index (κ3) is 3.32. The molecule has 5 nitrogen and oxygen atoms in total. The summed E-state index contributed by atoms with van der Waals surface area (Å²) in [6, 6.07) is 6.12. The Morgan fingerprint density at radius 3 is 2.80 bits per heavy atom. The van der Waals surface area contributed by atoms with Crippen LogP contribution in [0.15, 0.2) is 24.3 Å². The Balaban J connectivity index is 2.82. The van der Waals surface area contributed by atoms with Crippen molar-refractivity contribution in [1.82, 2.24) is 0 Å². The van der Waals surface area contributed by atoms with E-state index in [1.54, 1.807) is 12.1 Å². The van der Waals surface area contributed by atoms with Crippen molar-refractivity contribution in [3.8, 4) is 0 Å². The number of carbonyl (C=O) groups is 1. The number of primary amides is 1. The fourth-order valence-corrected chi connectivity index (χ4v) is 1.48. The van der Waals surface area contributed by atoms with Crippen LogP contribution in [0.4, 0.5) is 5.69 Å². The number of rotatable bonds is 4. The summed E-state index contributed by atoms with van der Waals surface area (Å²) in [5, 5.41) is 10.5. The van der Waals surface area contributed by atoms with Gasteiger partial charge in [0.1, 0.15) is 0 Å². The first kappa shape index (κ1) is 11.6. The number of benzene rings is 1. The standard InChI is InChI=1S/C9H9BrN2O3/c10-8(9(11)13)5-6-2-1-3-7(4-6)12(14)15/h1-4,8H,5H2,(H2,11,13). The lowest BCUT2D eigenvalue weighted by atomic mass is 10.1.